The van der Waals surface area contributed by atoms with Crippen molar-refractivity contribution in [2.45, 2.75) is 12.8 Å². The van der Waals surface area contributed by atoms with Gasteiger partial charge in [-0.2, -0.15) is 0 Å². The molecule has 0 bridgehead atoms. The van der Waals surface area contributed by atoms with Crippen molar-refractivity contribution in [1.29, 1.82) is 0 Å². The molecule has 11 aromatic rings. The second-order valence-corrected chi connectivity index (χ2v) is 16.3. The fraction of sp³-hybridized carbons (Fsp3) is 0.0333. The molecule has 0 amide bonds. The van der Waals surface area contributed by atoms with Crippen LogP contribution in [0.2, 0.25) is 0 Å². The van der Waals surface area contributed by atoms with Crippen LogP contribution in [-0.2, 0) is 6.42 Å². The second kappa shape index (κ2) is 15.0. The third-order valence-corrected chi connectivity index (χ3v) is 12.7. The zero-order chi connectivity index (χ0) is 41.0. The van der Waals surface area contributed by atoms with E-state index < -0.39 is 0 Å². The van der Waals surface area contributed by atoms with E-state index in [-0.39, 0.29) is 0 Å². The summed E-state index contributed by atoms with van der Waals surface area (Å²) >= 11 is 0. The molecular formula is C60H41NO. The number of hydrogen-bond acceptors (Lipinski definition) is 2. The lowest BCUT2D eigenvalue weighted by Gasteiger charge is -2.30. The highest BCUT2D eigenvalue weighted by molar-refractivity contribution is 6.12. The van der Waals surface area contributed by atoms with Gasteiger partial charge in [0.25, 0.3) is 0 Å². The van der Waals surface area contributed by atoms with Crippen molar-refractivity contribution in [3.8, 4) is 44.5 Å². The van der Waals surface area contributed by atoms with E-state index in [2.05, 4.69) is 229 Å². The van der Waals surface area contributed by atoms with Gasteiger partial charge < -0.3 is 9.32 Å². The SMILES string of the molecule is C1=Cc2ccc3c(oc4ccc(-c5ccccc5N(c5ccc(-c6cccc7c6ccc6ccccc67)cc5)c5ccc(-c6ccccc6)cc5-c5ccccc5)cc43)c2CC1. The maximum absolute atomic E-state index is 6.62. The van der Waals surface area contributed by atoms with E-state index in [1.807, 2.05) is 0 Å². The lowest BCUT2D eigenvalue weighted by molar-refractivity contribution is 0.661. The summed E-state index contributed by atoms with van der Waals surface area (Å²) in [4.78, 5) is 2.45. The number of aryl methyl sites for hydroxylation is 1. The van der Waals surface area contributed by atoms with E-state index in [1.54, 1.807) is 0 Å². The minimum atomic E-state index is 0.918. The fourth-order valence-electron chi connectivity index (χ4n) is 9.72. The molecule has 0 saturated heterocycles. The summed E-state index contributed by atoms with van der Waals surface area (Å²) in [6.45, 7) is 0. The van der Waals surface area contributed by atoms with Gasteiger partial charge in [0, 0.05) is 33.2 Å². The minimum absolute atomic E-state index is 0.918. The van der Waals surface area contributed by atoms with Gasteiger partial charge in [-0.15, -0.1) is 0 Å². The van der Waals surface area contributed by atoms with Crippen LogP contribution in [0.4, 0.5) is 17.1 Å². The van der Waals surface area contributed by atoms with E-state index in [9.17, 15) is 0 Å². The molecule has 0 unspecified atom stereocenters. The Bertz CT molecular complexity index is 3510. The third-order valence-electron chi connectivity index (χ3n) is 12.7. The summed E-state index contributed by atoms with van der Waals surface area (Å²) in [6, 6.07) is 77.4. The molecule has 62 heavy (non-hydrogen) atoms. The second-order valence-electron chi connectivity index (χ2n) is 16.3. The standard InChI is InChI=1S/C60H41NO/c1-3-14-40(15-4-1)45-30-36-58(55(38-45)41-16-5-2-6-17-41)61(47-32-26-44(27-33-47)49-23-13-24-52-48-20-9-7-18-42(48)28-34-53(49)52)57-25-12-11-21-50(57)46-31-37-59-56(39-46)54-35-29-43-19-8-10-22-51(43)60(54)62-59/h1-9,11-21,23-39H,10,22H2. The van der Waals surface area contributed by atoms with Crippen molar-refractivity contribution >= 4 is 66.6 Å². The smallest absolute Gasteiger partial charge is 0.139 e. The monoisotopic (exact) mass is 791 g/mol. The van der Waals surface area contributed by atoms with Gasteiger partial charge in [-0.1, -0.05) is 176 Å². The maximum atomic E-state index is 6.62. The summed E-state index contributed by atoms with van der Waals surface area (Å²) in [5, 5.41) is 7.36. The van der Waals surface area contributed by atoms with Gasteiger partial charge in [0.15, 0.2) is 0 Å². The molecular weight excluding hydrogens is 751 g/mol. The Morgan fingerprint density at radius 3 is 1.94 bits per heavy atom. The molecule has 2 heteroatoms. The Labute approximate surface area is 361 Å². The van der Waals surface area contributed by atoms with Crippen LogP contribution in [0, 0.1) is 0 Å². The molecule has 0 spiro atoms. The summed E-state index contributed by atoms with van der Waals surface area (Å²) in [5.41, 5.74) is 17.1. The van der Waals surface area contributed by atoms with Crippen molar-refractivity contribution in [1.82, 2.24) is 0 Å². The predicted molar refractivity (Wildman–Crippen MR) is 263 cm³/mol. The number of allylic oxidation sites excluding steroid dienone is 1. The van der Waals surface area contributed by atoms with Crippen molar-refractivity contribution in [2.24, 2.45) is 0 Å². The molecule has 0 atom stereocenters. The first-order valence-electron chi connectivity index (χ1n) is 21.6. The van der Waals surface area contributed by atoms with Crippen LogP contribution >= 0.6 is 0 Å². The van der Waals surface area contributed by atoms with Gasteiger partial charge >= 0.3 is 0 Å². The first kappa shape index (κ1) is 36.0. The molecule has 12 rings (SSSR count). The highest BCUT2D eigenvalue weighted by Crippen LogP contribution is 2.47. The molecule has 1 heterocycles. The lowest BCUT2D eigenvalue weighted by Crippen LogP contribution is -2.12. The van der Waals surface area contributed by atoms with Crippen molar-refractivity contribution in [3.05, 3.63) is 230 Å². The molecule has 2 nitrogen and oxygen atoms in total. The average molecular weight is 792 g/mol. The van der Waals surface area contributed by atoms with Gasteiger partial charge in [-0.05, 0) is 122 Å². The maximum Gasteiger partial charge on any atom is 0.139 e. The van der Waals surface area contributed by atoms with Crippen LogP contribution in [0.15, 0.2) is 223 Å². The number of hydrogen-bond donors (Lipinski definition) is 0. The van der Waals surface area contributed by atoms with Gasteiger partial charge in [-0.25, -0.2) is 0 Å². The van der Waals surface area contributed by atoms with Crippen LogP contribution in [0.1, 0.15) is 17.5 Å². The third kappa shape index (κ3) is 6.11. The van der Waals surface area contributed by atoms with Gasteiger partial charge in [-0.3, -0.25) is 0 Å². The molecule has 10 aromatic carbocycles. The Morgan fingerprint density at radius 2 is 1.06 bits per heavy atom. The summed E-state index contributed by atoms with van der Waals surface area (Å²) < 4.78 is 6.62. The topological polar surface area (TPSA) is 16.4 Å². The summed E-state index contributed by atoms with van der Waals surface area (Å²) in [6.07, 6.45) is 6.52. The Balaban J connectivity index is 1.05. The minimum Gasteiger partial charge on any atom is -0.456 e. The van der Waals surface area contributed by atoms with Gasteiger partial charge in [0.05, 0.1) is 11.4 Å². The van der Waals surface area contributed by atoms with Crippen molar-refractivity contribution < 1.29 is 4.42 Å². The van der Waals surface area contributed by atoms with E-state index >= 15 is 0 Å². The first-order chi connectivity index (χ1) is 30.7. The van der Waals surface area contributed by atoms with Crippen LogP contribution < -0.4 is 4.90 Å². The molecule has 292 valence electrons. The number of benzene rings is 10. The number of rotatable bonds is 7. The van der Waals surface area contributed by atoms with Crippen LogP contribution in [0.25, 0.3) is 94.1 Å². The molecule has 1 aromatic heterocycles. The fourth-order valence-corrected chi connectivity index (χ4v) is 9.72. The number of anilines is 3. The van der Waals surface area contributed by atoms with Gasteiger partial charge in [0.1, 0.15) is 11.2 Å². The molecule has 0 radical (unpaired) electrons. The van der Waals surface area contributed by atoms with Crippen molar-refractivity contribution in [2.75, 3.05) is 4.90 Å². The quantitative estimate of drug-likeness (QED) is 0.150. The predicted octanol–water partition coefficient (Wildman–Crippen LogP) is 17.0. The largest absolute Gasteiger partial charge is 0.456 e. The number of fused-ring (bicyclic) bond motifs is 8. The van der Waals surface area contributed by atoms with Crippen LogP contribution in [-0.4, -0.2) is 0 Å². The van der Waals surface area contributed by atoms with Gasteiger partial charge in [0.2, 0.25) is 0 Å². The van der Waals surface area contributed by atoms with E-state index in [4.69, 9.17) is 4.42 Å². The zero-order valence-corrected chi connectivity index (χ0v) is 34.1. The van der Waals surface area contributed by atoms with E-state index in [0.29, 0.717) is 0 Å². The Morgan fingerprint density at radius 1 is 0.387 bits per heavy atom. The number of nitrogens with zero attached hydrogens (tertiary/aromatic N) is 1. The normalized spacial score (nSPS) is 12.3. The summed E-state index contributed by atoms with van der Waals surface area (Å²) in [5.74, 6) is 0. The van der Waals surface area contributed by atoms with Crippen LogP contribution in [0.3, 0.4) is 0 Å². The zero-order valence-electron chi connectivity index (χ0n) is 34.1. The lowest BCUT2D eigenvalue weighted by atomic mass is 9.93. The Kier molecular flexibility index (Phi) is 8.67. The number of para-hydroxylation sites is 1. The van der Waals surface area contributed by atoms with Crippen molar-refractivity contribution in [3.63, 3.8) is 0 Å². The average Bonchev–Trinajstić information content (AvgIpc) is 3.73. The molecule has 1 aliphatic carbocycles. The number of furan rings is 1. The molecule has 0 aliphatic heterocycles. The highest BCUT2D eigenvalue weighted by atomic mass is 16.3. The molecule has 0 fully saturated rings. The molecule has 0 N–H and O–H groups in total. The molecule has 1 aliphatic rings. The summed E-state index contributed by atoms with van der Waals surface area (Å²) in [7, 11) is 0. The van der Waals surface area contributed by atoms with Crippen LogP contribution in [0.5, 0.6) is 0 Å². The molecule has 0 saturated carbocycles. The Hall–Kier alpha value is -7.94. The highest BCUT2D eigenvalue weighted by Gasteiger charge is 2.23. The van der Waals surface area contributed by atoms with E-state index in [0.717, 1.165) is 68.7 Å². The van der Waals surface area contributed by atoms with E-state index in [1.165, 1.54) is 60.3 Å². The first-order valence-corrected chi connectivity index (χ1v) is 21.6.